The molecule has 0 aromatic heterocycles. The normalized spacial score (nSPS) is 9.91. The van der Waals surface area contributed by atoms with Crippen LogP contribution in [-0.4, -0.2) is 11.9 Å². The predicted molar refractivity (Wildman–Crippen MR) is 90.7 cm³/mol. The molecule has 0 spiro atoms. The van der Waals surface area contributed by atoms with Gasteiger partial charge in [0.2, 0.25) is 5.91 Å². The third-order valence-corrected chi connectivity index (χ3v) is 3.34. The van der Waals surface area contributed by atoms with Gasteiger partial charge in [0, 0.05) is 29.3 Å². The molecule has 3 N–H and O–H groups in total. The van der Waals surface area contributed by atoms with Gasteiger partial charge in [0.05, 0.1) is 0 Å². The molecule has 0 aliphatic rings. The quantitative estimate of drug-likeness (QED) is 0.776. The Hall–Kier alpha value is -2.34. The van der Waals surface area contributed by atoms with E-state index in [0.717, 1.165) is 10.0 Å². The maximum absolute atomic E-state index is 11.9. The van der Waals surface area contributed by atoms with Crippen LogP contribution in [0.4, 0.5) is 16.2 Å². The number of urea groups is 1. The summed E-state index contributed by atoms with van der Waals surface area (Å²) >= 11 is 3.36. The van der Waals surface area contributed by atoms with Gasteiger partial charge in [-0.15, -0.1) is 0 Å². The number of amides is 3. The number of rotatable bonds is 4. The van der Waals surface area contributed by atoms with Crippen molar-refractivity contribution in [2.75, 3.05) is 10.6 Å². The highest BCUT2D eigenvalue weighted by Crippen LogP contribution is 2.15. The first kappa shape index (κ1) is 16.0. The largest absolute Gasteiger partial charge is 0.334 e. The zero-order valence-electron chi connectivity index (χ0n) is 12.0. The van der Waals surface area contributed by atoms with Crippen molar-refractivity contribution in [3.05, 3.63) is 58.6 Å². The van der Waals surface area contributed by atoms with E-state index in [1.807, 2.05) is 24.3 Å². The van der Waals surface area contributed by atoms with Gasteiger partial charge in [-0.25, -0.2) is 4.79 Å². The minimum absolute atomic E-state index is 0.156. The average Bonchev–Trinajstić information content (AvgIpc) is 2.46. The Bertz CT molecular complexity index is 671. The standard InChI is InChI=1S/C16H16BrN3O2/c1-11(21)19-14-3-2-4-15(9-14)20-16(22)18-10-12-5-7-13(17)8-6-12/h2-9H,10H2,1H3,(H,19,21)(H2,18,20,22). The molecule has 0 saturated heterocycles. The van der Waals surface area contributed by atoms with Crippen molar-refractivity contribution in [1.29, 1.82) is 0 Å². The second kappa shape index (κ2) is 7.61. The third-order valence-electron chi connectivity index (χ3n) is 2.81. The van der Waals surface area contributed by atoms with Crippen LogP contribution in [0.15, 0.2) is 53.0 Å². The first-order valence-corrected chi connectivity index (χ1v) is 7.49. The van der Waals surface area contributed by atoms with Gasteiger partial charge in [-0.2, -0.15) is 0 Å². The van der Waals surface area contributed by atoms with Gasteiger partial charge in [0.1, 0.15) is 0 Å². The molecule has 0 saturated carbocycles. The smallest absolute Gasteiger partial charge is 0.319 e. The van der Waals surface area contributed by atoms with E-state index < -0.39 is 0 Å². The Morgan fingerprint density at radius 1 is 1.00 bits per heavy atom. The number of benzene rings is 2. The Kier molecular flexibility index (Phi) is 5.55. The molecule has 22 heavy (non-hydrogen) atoms. The van der Waals surface area contributed by atoms with Crippen LogP contribution in [-0.2, 0) is 11.3 Å². The Morgan fingerprint density at radius 2 is 1.64 bits per heavy atom. The minimum Gasteiger partial charge on any atom is -0.334 e. The van der Waals surface area contributed by atoms with Gasteiger partial charge in [-0.05, 0) is 35.9 Å². The molecule has 0 aliphatic carbocycles. The molecular weight excluding hydrogens is 346 g/mol. The number of hydrogen-bond acceptors (Lipinski definition) is 2. The molecule has 0 atom stereocenters. The molecule has 3 amide bonds. The average molecular weight is 362 g/mol. The number of carbonyl (C=O) groups excluding carboxylic acids is 2. The monoisotopic (exact) mass is 361 g/mol. The van der Waals surface area contributed by atoms with Crippen molar-refractivity contribution in [1.82, 2.24) is 5.32 Å². The summed E-state index contributed by atoms with van der Waals surface area (Å²) in [6.07, 6.45) is 0. The van der Waals surface area contributed by atoms with E-state index in [2.05, 4.69) is 31.9 Å². The first-order chi connectivity index (χ1) is 10.5. The molecule has 0 fully saturated rings. The van der Waals surface area contributed by atoms with E-state index in [1.165, 1.54) is 6.92 Å². The van der Waals surface area contributed by atoms with Crippen molar-refractivity contribution in [3.8, 4) is 0 Å². The molecule has 0 aliphatic heterocycles. The van der Waals surface area contributed by atoms with Gasteiger partial charge in [-0.3, -0.25) is 4.79 Å². The maximum Gasteiger partial charge on any atom is 0.319 e. The van der Waals surface area contributed by atoms with Crippen molar-refractivity contribution in [2.45, 2.75) is 13.5 Å². The highest BCUT2D eigenvalue weighted by Gasteiger charge is 2.03. The maximum atomic E-state index is 11.9. The first-order valence-electron chi connectivity index (χ1n) is 6.70. The fourth-order valence-electron chi connectivity index (χ4n) is 1.84. The molecule has 0 bridgehead atoms. The molecule has 0 radical (unpaired) electrons. The van der Waals surface area contributed by atoms with Crippen LogP contribution in [0.5, 0.6) is 0 Å². The fourth-order valence-corrected chi connectivity index (χ4v) is 2.10. The lowest BCUT2D eigenvalue weighted by Gasteiger charge is -2.09. The lowest BCUT2D eigenvalue weighted by atomic mass is 10.2. The van der Waals surface area contributed by atoms with Crippen LogP contribution < -0.4 is 16.0 Å². The van der Waals surface area contributed by atoms with Gasteiger partial charge in [0.25, 0.3) is 0 Å². The SMILES string of the molecule is CC(=O)Nc1cccc(NC(=O)NCc2ccc(Br)cc2)c1. The summed E-state index contributed by atoms with van der Waals surface area (Å²) < 4.78 is 0.996. The summed E-state index contributed by atoms with van der Waals surface area (Å²) in [5.41, 5.74) is 2.25. The number of halogens is 1. The lowest BCUT2D eigenvalue weighted by molar-refractivity contribution is -0.114. The van der Waals surface area contributed by atoms with Gasteiger partial charge in [-0.1, -0.05) is 34.1 Å². The van der Waals surface area contributed by atoms with Crippen LogP contribution in [0.1, 0.15) is 12.5 Å². The lowest BCUT2D eigenvalue weighted by Crippen LogP contribution is -2.28. The summed E-state index contributed by atoms with van der Waals surface area (Å²) in [7, 11) is 0. The zero-order valence-corrected chi connectivity index (χ0v) is 13.6. The third kappa shape index (κ3) is 5.21. The zero-order chi connectivity index (χ0) is 15.9. The number of hydrogen-bond donors (Lipinski definition) is 3. The van der Waals surface area contributed by atoms with E-state index >= 15 is 0 Å². The van der Waals surface area contributed by atoms with Gasteiger partial charge < -0.3 is 16.0 Å². The second-order valence-corrected chi connectivity index (χ2v) is 5.61. The van der Waals surface area contributed by atoms with E-state index in [1.54, 1.807) is 24.3 Å². The molecule has 2 aromatic rings. The Labute approximate surface area is 137 Å². The van der Waals surface area contributed by atoms with E-state index in [4.69, 9.17) is 0 Å². The van der Waals surface area contributed by atoms with Crippen LogP contribution in [0.3, 0.4) is 0 Å². The van der Waals surface area contributed by atoms with E-state index in [-0.39, 0.29) is 11.9 Å². The predicted octanol–water partition coefficient (Wildman–Crippen LogP) is 3.73. The summed E-state index contributed by atoms with van der Waals surface area (Å²) in [4.78, 5) is 22.9. The van der Waals surface area contributed by atoms with Crippen molar-refractivity contribution in [2.24, 2.45) is 0 Å². The topological polar surface area (TPSA) is 70.2 Å². The van der Waals surface area contributed by atoms with Crippen molar-refractivity contribution in [3.63, 3.8) is 0 Å². The second-order valence-electron chi connectivity index (χ2n) is 4.70. The Balaban J connectivity index is 1.89. The Morgan fingerprint density at radius 3 is 2.27 bits per heavy atom. The highest BCUT2D eigenvalue weighted by atomic mass is 79.9. The van der Waals surface area contributed by atoms with E-state index in [0.29, 0.717) is 17.9 Å². The van der Waals surface area contributed by atoms with Crippen LogP contribution in [0, 0.1) is 0 Å². The highest BCUT2D eigenvalue weighted by molar-refractivity contribution is 9.10. The number of nitrogens with one attached hydrogen (secondary N) is 3. The summed E-state index contributed by atoms with van der Waals surface area (Å²) in [6, 6.07) is 14.4. The van der Waals surface area contributed by atoms with Crippen LogP contribution in [0.25, 0.3) is 0 Å². The van der Waals surface area contributed by atoms with Crippen LogP contribution in [0.2, 0.25) is 0 Å². The summed E-state index contributed by atoms with van der Waals surface area (Å²) in [5.74, 6) is -0.156. The summed E-state index contributed by atoms with van der Waals surface area (Å²) in [6.45, 7) is 1.87. The number of carbonyl (C=O) groups is 2. The molecule has 5 nitrogen and oxygen atoms in total. The minimum atomic E-state index is -0.303. The fraction of sp³-hybridized carbons (Fsp3) is 0.125. The van der Waals surface area contributed by atoms with Crippen molar-refractivity contribution < 1.29 is 9.59 Å². The molecule has 2 aromatic carbocycles. The van der Waals surface area contributed by atoms with E-state index in [9.17, 15) is 9.59 Å². The van der Waals surface area contributed by atoms with Gasteiger partial charge in [0.15, 0.2) is 0 Å². The summed E-state index contributed by atoms with van der Waals surface area (Å²) in [5, 5.41) is 8.17. The van der Waals surface area contributed by atoms with Gasteiger partial charge >= 0.3 is 6.03 Å². The molecular formula is C16H16BrN3O2. The molecule has 0 heterocycles. The van der Waals surface area contributed by atoms with Crippen molar-refractivity contribution >= 4 is 39.2 Å². The molecule has 2 rings (SSSR count). The van der Waals surface area contributed by atoms with Crippen LogP contribution >= 0.6 is 15.9 Å². The number of anilines is 2. The molecule has 6 heteroatoms. The molecule has 114 valence electrons. The molecule has 0 unspecified atom stereocenters.